The lowest BCUT2D eigenvalue weighted by molar-refractivity contribution is 0.333. The predicted molar refractivity (Wildman–Crippen MR) is 82.5 cm³/mol. The fourth-order valence-electron chi connectivity index (χ4n) is 2.37. The Morgan fingerprint density at radius 1 is 1.00 bits per heavy atom. The van der Waals surface area contributed by atoms with Crippen molar-refractivity contribution >= 4 is 0 Å². The van der Waals surface area contributed by atoms with E-state index in [1.165, 1.54) is 38.5 Å². The van der Waals surface area contributed by atoms with Crippen LogP contribution in [0.3, 0.4) is 0 Å². The van der Waals surface area contributed by atoms with Crippen LogP contribution in [-0.4, -0.2) is 6.61 Å². The van der Waals surface area contributed by atoms with Crippen LogP contribution in [0.5, 0.6) is 5.75 Å². The third kappa shape index (κ3) is 6.11. The van der Waals surface area contributed by atoms with Gasteiger partial charge in [0.1, 0.15) is 5.75 Å². The molecule has 0 radical (unpaired) electrons. The van der Waals surface area contributed by atoms with E-state index in [4.69, 9.17) is 10.5 Å². The second-order valence-electron chi connectivity index (χ2n) is 5.13. The summed E-state index contributed by atoms with van der Waals surface area (Å²) in [7, 11) is 0. The largest absolute Gasteiger partial charge is 0.494 e. The number of benzene rings is 1. The van der Waals surface area contributed by atoms with Crippen molar-refractivity contribution in [2.45, 2.75) is 64.8 Å². The minimum atomic E-state index is 0.105. The molecule has 0 aliphatic carbocycles. The third-order valence-corrected chi connectivity index (χ3v) is 3.49. The lowest BCUT2D eigenvalue weighted by atomic mass is 9.99. The molecule has 0 aliphatic rings. The molecule has 0 amide bonds. The molecule has 2 N–H and O–H groups in total. The summed E-state index contributed by atoms with van der Waals surface area (Å²) in [5.41, 5.74) is 7.44. The van der Waals surface area contributed by atoms with Crippen LogP contribution in [0.25, 0.3) is 0 Å². The average molecular weight is 263 g/mol. The molecule has 1 aromatic carbocycles. The molecule has 0 heterocycles. The SMILES string of the molecule is CCCCCCCCC(N)c1ccccc1OCC. The molecule has 0 aliphatic heterocycles. The number of hydrogen-bond acceptors (Lipinski definition) is 2. The first-order valence-corrected chi connectivity index (χ1v) is 7.76. The fraction of sp³-hybridized carbons (Fsp3) is 0.647. The van der Waals surface area contributed by atoms with E-state index < -0.39 is 0 Å². The Morgan fingerprint density at radius 3 is 2.42 bits per heavy atom. The van der Waals surface area contributed by atoms with Gasteiger partial charge in [-0.05, 0) is 19.4 Å². The topological polar surface area (TPSA) is 35.2 Å². The van der Waals surface area contributed by atoms with Gasteiger partial charge in [0.2, 0.25) is 0 Å². The zero-order valence-electron chi connectivity index (χ0n) is 12.5. The van der Waals surface area contributed by atoms with Gasteiger partial charge in [0, 0.05) is 11.6 Å². The van der Waals surface area contributed by atoms with Crippen LogP contribution >= 0.6 is 0 Å². The van der Waals surface area contributed by atoms with Gasteiger partial charge in [0.05, 0.1) is 6.61 Å². The molecule has 2 nitrogen and oxygen atoms in total. The van der Waals surface area contributed by atoms with Crippen molar-refractivity contribution in [1.29, 1.82) is 0 Å². The number of ether oxygens (including phenoxy) is 1. The van der Waals surface area contributed by atoms with Crippen LogP contribution in [0.15, 0.2) is 24.3 Å². The van der Waals surface area contributed by atoms with Crippen LogP contribution < -0.4 is 10.5 Å². The minimum Gasteiger partial charge on any atom is -0.494 e. The molecule has 1 atom stereocenters. The van der Waals surface area contributed by atoms with Gasteiger partial charge in [0.15, 0.2) is 0 Å². The zero-order chi connectivity index (χ0) is 13.9. The van der Waals surface area contributed by atoms with E-state index in [0.29, 0.717) is 6.61 Å². The van der Waals surface area contributed by atoms with Crippen LogP contribution in [0.2, 0.25) is 0 Å². The molecule has 0 spiro atoms. The number of para-hydroxylation sites is 1. The number of nitrogens with two attached hydrogens (primary N) is 1. The summed E-state index contributed by atoms with van der Waals surface area (Å²) in [6.45, 7) is 4.96. The van der Waals surface area contributed by atoms with E-state index in [1.54, 1.807) is 0 Å². The lowest BCUT2D eigenvalue weighted by Gasteiger charge is -2.16. The van der Waals surface area contributed by atoms with Gasteiger partial charge >= 0.3 is 0 Å². The van der Waals surface area contributed by atoms with Crippen molar-refractivity contribution in [3.8, 4) is 5.75 Å². The van der Waals surface area contributed by atoms with Crippen molar-refractivity contribution in [3.05, 3.63) is 29.8 Å². The highest BCUT2D eigenvalue weighted by atomic mass is 16.5. The Labute approximate surface area is 118 Å². The van der Waals surface area contributed by atoms with Crippen LogP contribution in [0.1, 0.15) is 70.4 Å². The maximum atomic E-state index is 6.29. The van der Waals surface area contributed by atoms with Crippen molar-refractivity contribution < 1.29 is 4.74 Å². The normalized spacial score (nSPS) is 12.4. The second-order valence-corrected chi connectivity index (χ2v) is 5.13. The van der Waals surface area contributed by atoms with Crippen LogP contribution in [0, 0.1) is 0 Å². The van der Waals surface area contributed by atoms with Gasteiger partial charge in [0.25, 0.3) is 0 Å². The third-order valence-electron chi connectivity index (χ3n) is 3.49. The molecule has 0 saturated carbocycles. The molecule has 1 aromatic rings. The van der Waals surface area contributed by atoms with Crippen molar-refractivity contribution in [1.82, 2.24) is 0 Å². The Hall–Kier alpha value is -1.02. The minimum absolute atomic E-state index is 0.105. The van der Waals surface area contributed by atoms with Gasteiger partial charge in [-0.1, -0.05) is 63.6 Å². The van der Waals surface area contributed by atoms with Gasteiger partial charge in [-0.2, -0.15) is 0 Å². The van der Waals surface area contributed by atoms with Crippen molar-refractivity contribution in [2.24, 2.45) is 5.73 Å². The Bertz CT molecular complexity index is 338. The van der Waals surface area contributed by atoms with E-state index in [0.717, 1.165) is 17.7 Å². The number of hydrogen-bond donors (Lipinski definition) is 1. The maximum absolute atomic E-state index is 6.29. The van der Waals surface area contributed by atoms with E-state index >= 15 is 0 Å². The molecule has 1 unspecified atom stereocenters. The molecule has 0 aromatic heterocycles. The summed E-state index contributed by atoms with van der Waals surface area (Å²) in [6, 6.07) is 8.26. The molecular weight excluding hydrogens is 234 g/mol. The first-order valence-electron chi connectivity index (χ1n) is 7.76. The summed E-state index contributed by atoms with van der Waals surface area (Å²) in [5.74, 6) is 0.948. The summed E-state index contributed by atoms with van der Waals surface area (Å²) in [5, 5.41) is 0. The first-order chi connectivity index (χ1) is 9.29. The maximum Gasteiger partial charge on any atom is 0.124 e. The van der Waals surface area contributed by atoms with Crippen molar-refractivity contribution in [3.63, 3.8) is 0 Å². The smallest absolute Gasteiger partial charge is 0.124 e. The molecule has 1 rings (SSSR count). The Morgan fingerprint density at radius 2 is 1.68 bits per heavy atom. The van der Waals surface area contributed by atoms with E-state index in [2.05, 4.69) is 13.0 Å². The monoisotopic (exact) mass is 263 g/mol. The standard InChI is InChI=1S/C17H29NO/c1-3-5-6-7-8-9-13-16(18)15-12-10-11-14-17(15)19-4-2/h10-12,14,16H,3-9,13,18H2,1-2H3. The molecule has 0 fully saturated rings. The summed E-state index contributed by atoms with van der Waals surface area (Å²) < 4.78 is 5.64. The van der Waals surface area contributed by atoms with Crippen LogP contribution in [0.4, 0.5) is 0 Å². The highest BCUT2D eigenvalue weighted by Crippen LogP contribution is 2.27. The molecule has 108 valence electrons. The van der Waals surface area contributed by atoms with E-state index in [-0.39, 0.29) is 6.04 Å². The quantitative estimate of drug-likeness (QED) is 0.613. The van der Waals surface area contributed by atoms with Gasteiger partial charge < -0.3 is 10.5 Å². The molecule has 0 saturated heterocycles. The summed E-state index contributed by atoms with van der Waals surface area (Å²) in [6.07, 6.45) is 8.93. The van der Waals surface area contributed by atoms with Gasteiger partial charge in [-0.3, -0.25) is 0 Å². The fourth-order valence-corrected chi connectivity index (χ4v) is 2.37. The highest BCUT2D eigenvalue weighted by Gasteiger charge is 2.10. The first kappa shape index (κ1) is 16.0. The highest BCUT2D eigenvalue weighted by molar-refractivity contribution is 5.35. The Balaban J connectivity index is 2.34. The molecule has 0 bridgehead atoms. The number of rotatable bonds is 10. The zero-order valence-corrected chi connectivity index (χ0v) is 12.5. The Kier molecular flexibility index (Phi) is 8.31. The summed E-state index contributed by atoms with van der Waals surface area (Å²) >= 11 is 0. The number of unbranched alkanes of at least 4 members (excludes halogenated alkanes) is 5. The predicted octanol–water partition coefficient (Wildman–Crippen LogP) is 4.84. The molecule has 2 heteroatoms. The van der Waals surface area contributed by atoms with E-state index in [9.17, 15) is 0 Å². The summed E-state index contributed by atoms with van der Waals surface area (Å²) in [4.78, 5) is 0. The van der Waals surface area contributed by atoms with Crippen molar-refractivity contribution in [2.75, 3.05) is 6.61 Å². The van der Waals surface area contributed by atoms with Gasteiger partial charge in [-0.15, -0.1) is 0 Å². The second kappa shape index (κ2) is 9.85. The lowest BCUT2D eigenvalue weighted by Crippen LogP contribution is -2.12. The van der Waals surface area contributed by atoms with E-state index in [1.807, 2.05) is 25.1 Å². The van der Waals surface area contributed by atoms with Gasteiger partial charge in [-0.25, -0.2) is 0 Å². The molecule has 19 heavy (non-hydrogen) atoms. The average Bonchev–Trinajstić information content (AvgIpc) is 2.43. The molecular formula is C17H29NO. The van der Waals surface area contributed by atoms with Crippen LogP contribution in [-0.2, 0) is 0 Å².